The molecule has 0 atom stereocenters. The van der Waals surface area contributed by atoms with Gasteiger partial charge in [0.2, 0.25) is 0 Å². The van der Waals surface area contributed by atoms with Gasteiger partial charge in [-0.1, -0.05) is 24.3 Å². The third-order valence-electron chi connectivity index (χ3n) is 5.03. The average molecular weight is 367 g/mol. The maximum absolute atomic E-state index is 10.3. The Labute approximate surface area is 156 Å². The summed E-state index contributed by atoms with van der Waals surface area (Å²) in [6.45, 7) is 7.22. The molecular weight excluding hydrogens is 346 g/mol. The summed E-state index contributed by atoms with van der Waals surface area (Å²) in [6, 6.07) is 12.4. The predicted molar refractivity (Wildman–Crippen MR) is 106 cm³/mol. The number of pyridine rings is 1. The van der Waals surface area contributed by atoms with E-state index in [0.29, 0.717) is 0 Å². The van der Waals surface area contributed by atoms with E-state index in [2.05, 4.69) is 29.2 Å². The third kappa shape index (κ3) is 2.86. The van der Waals surface area contributed by atoms with E-state index in [1.54, 1.807) is 26.2 Å². The first-order valence-corrected chi connectivity index (χ1v) is 9.27. The van der Waals surface area contributed by atoms with Crippen LogP contribution in [0.3, 0.4) is 0 Å². The molecule has 2 aromatic heterocycles. The molecule has 0 amide bonds. The van der Waals surface area contributed by atoms with Crippen molar-refractivity contribution < 1.29 is 13.7 Å². The van der Waals surface area contributed by atoms with Crippen LogP contribution in [0, 0.1) is 0 Å². The number of fused-ring (bicyclic) bond motifs is 4. The smallest absolute Gasteiger partial charge is 0.154 e. The normalized spacial score (nSPS) is 13.1. The molecule has 0 spiro atoms. The Balaban J connectivity index is 1.84. The molecule has 0 fully saturated rings. The summed E-state index contributed by atoms with van der Waals surface area (Å²) < 4.78 is 12.0. The van der Waals surface area contributed by atoms with Gasteiger partial charge >= 0.3 is 0 Å². The highest BCUT2D eigenvalue weighted by Crippen LogP contribution is 2.40. The van der Waals surface area contributed by atoms with E-state index in [1.807, 2.05) is 26.0 Å². The molecule has 0 bridgehead atoms. The van der Waals surface area contributed by atoms with Crippen LogP contribution < -0.4 is 0 Å². The molecule has 0 radical (unpaired) electrons. The summed E-state index contributed by atoms with van der Waals surface area (Å²) in [5.41, 5.74) is -0.150. The molecule has 4 rings (SSSR count). The second-order valence-electron chi connectivity index (χ2n) is 7.54. The van der Waals surface area contributed by atoms with Gasteiger partial charge in [-0.3, -0.25) is 4.98 Å². The molecule has 0 unspecified atom stereocenters. The Morgan fingerprint density at radius 3 is 2.38 bits per heavy atom. The van der Waals surface area contributed by atoms with Crippen LogP contribution in [0.2, 0.25) is 0 Å². The maximum atomic E-state index is 10.3. The van der Waals surface area contributed by atoms with Gasteiger partial charge < -0.3 is 13.7 Å². The Bertz CT molecular complexity index is 1110. The molecule has 2 heterocycles. The summed E-state index contributed by atoms with van der Waals surface area (Å²) >= 11 is 1.23. The Hall–Kier alpha value is -2.08. The quantitative estimate of drug-likeness (QED) is 0.468. The SMILES string of the molecule is CC(C)(O)C(C)(C)OSc1cncc2oc3cc4ccccc4cc3c12. The lowest BCUT2D eigenvalue weighted by molar-refractivity contribution is -0.0813. The van der Waals surface area contributed by atoms with E-state index in [4.69, 9.17) is 8.60 Å². The molecule has 4 nitrogen and oxygen atoms in total. The summed E-state index contributed by atoms with van der Waals surface area (Å²) in [6.07, 6.45) is 3.50. The molecule has 1 N–H and O–H groups in total. The van der Waals surface area contributed by atoms with Gasteiger partial charge in [-0.2, -0.15) is 0 Å². The van der Waals surface area contributed by atoms with Gasteiger partial charge in [0.25, 0.3) is 0 Å². The molecular formula is C21H21NO3S. The van der Waals surface area contributed by atoms with Crippen molar-refractivity contribution in [3.05, 3.63) is 48.8 Å². The zero-order valence-corrected chi connectivity index (χ0v) is 16.1. The lowest BCUT2D eigenvalue weighted by Crippen LogP contribution is -2.45. The van der Waals surface area contributed by atoms with Crippen molar-refractivity contribution in [2.45, 2.75) is 43.8 Å². The zero-order chi connectivity index (χ0) is 18.5. The van der Waals surface area contributed by atoms with Gasteiger partial charge in [-0.25, -0.2) is 0 Å². The number of benzene rings is 2. The van der Waals surface area contributed by atoms with E-state index >= 15 is 0 Å². The fraction of sp³-hybridized carbons (Fsp3) is 0.286. The molecule has 2 aromatic carbocycles. The van der Waals surface area contributed by atoms with E-state index in [9.17, 15) is 5.11 Å². The van der Waals surface area contributed by atoms with Crippen molar-refractivity contribution in [1.29, 1.82) is 0 Å². The molecule has 0 aliphatic heterocycles. The highest BCUT2D eigenvalue weighted by Gasteiger charge is 2.37. The van der Waals surface area contributed by atoms with Crippen LogP contribution in [0.15, 0.2) is 58.1 Å². The fourth-order valence-corrected chi connectivity index (χ4v) is 3.60. The van der Waals surface area contributed by atoms with Crippen LogP contribution in [0.5, 0.6) is 0 Å². The third-order valence-corrected chi connectivity index (χ3v) is 6.02. The van der Waals surface area contributed by atoms with Crippen LogP contribution in [-0.2, 0) is 4.18 Å². The monoisotopic (exact) mass is 367 g/mol. The molecule has 0 aliphatic carbocycles. The van der Waals surface area contributed by atoms with Crippen molar-refractivity contribution in [2.75, 3.05) is 0 Å². The van der Waals surface area contributed by atoms with Gasteiger partial charge in [-0.15, -0.1) is 0 Å². The van der Waals surface area contributed by atoms with Gasteiger partial charge in [0.15, 0.2) is 5.58 Å². The van der Waals surface area contributed by atoms with Crippen molar-refractivity contribution in [2.24, 2.45) is 0 Å². The first kappa shape index (κ1) is 17.3. The molecule has 134 valence electrons. The topological polar surface area (TPSA) is 55.5 Å². The second kappa shape index (κ2) is 5.98. The number of aliphatic hydroxyl groups is 1. The number of aromatic nitrogens is 1. The van der Waals surface area contributed by atoms with Gasteiger partial charge in [0, 0.05) is 29.0 Å². The Morgan fingerprint density at radius 1 is 1.00 bits per heavy atom. The van der Waals surface area contributed by atoms with Gasteiger partial charge in [0.05, 0.1) is 16.7 Å². The summed E-state index contributed by atoms with van der Waals surface area (Å²) in [5, 5.41) is 14.6. The Morgan fingerprint density at radius 2 is 1.69 bits per heavy atom. The van der Waals surface area contributed by atoms with Crippen LogP contribution in [0.4, 0.5) is 0 Å². The highest BCUT2D eigenvalue weighted by atomic mass is 32.2. The average Bonchev–Trinajstić information content (AvgIpc) is 2.95. The number of nitrogens with zero attached hydrogens (tertiary/aromatic N) is 1. The summed E-state index contributed by atoms with van der Waals surface area (Å²) in [7, 11) is 0. The molecule has 0 aliphatic rings. The minimum Gasteiger partial charge on any atom is -0.454 e. The van der Waals surface area contributed by atoms with Crippen molar-refractivity contribution in [1.82, 2.24) is 4.98 Å². The molecule has 4 aromatic rings. The predicted octanol–water partition coefficient (Wildman–Crippen LogP) is 5.71. The summed E-state index contributed by atoms with van der Waals surface area (Å²) in [5.74, 6) is 0. The number of rotatable bonds is 4. The maximum Gasteiger partial charge on any atom is 0.154 e. The van der Waals surface area contributed by atoms with E-state index in [0.717, 1.165) is 37.6 Å². The largest absolute Gasteiger partial charge is 0.454 e. The zero-order valence-electron chi connectivity index (χ0n) is 15.2. The molecule has 26 heavy (non-hydrogen) atoms. The van der Waals surface area contributed by atoms with Crippen LogP contribution in [0.25, 0.3) is 32.7 Å². The van der Waals surface area contributed by atoms with Crippen LogP contribution in [0.1, 0.15) is 27.7 Å². The van der Waals surface area contributed by atoms with Gasteiger partial charge in [0.1, 0.15) is 11.2 Å². The first-order chi connectivity index (χ1) is 12.3. The fourth-order valence-electron chi connectivity index (χ4n) is 2.70. The highest BCUT2D eigenvalue weighted by molar-refractivity contribution is 7.95. The van der Waals surface area contributed by atoms with Crippen molar-refractivity contribution in [3.63, 3.8) is 0 Å². The molecule has 0 saturated carbocycles. The molecule has 0 saturated heterocycles. The van der Waals surface area contributed by atoms with E-state index in [1.165, 1.54) is 12.0 Å². The molecule has 5 heteroatoms. The van der Waals surface area contributed by atoms with Crippen molar-refractivity contribution >= 4 is 44.8 Å². The van der Waals surface area contributed by atoms with E-state index < -0.39 is 11.2 Å². The summed E-state index contributed by atoms with van der Waals surface area (Å²) in [4.78, 5) is 5.15. The van der Waals surface area contributed by atoms with Gasteiger partial charge in [-0.05, 0) is 50.6 Å². The Kier molecular flexibility index (Phi) is 3.99. The lowest BCUT2D eigenvalue weighted by Gasteiger charge is -2.35. The number of furan rings is 1. The number of hydrogen-bond donors (Lipinski definition) is 1. The second-order valence-corrected chi connectivity index (χ2v) is 8.32. The van der Waals surface area contributed by atoms with E-state index in [-0.39, 0.29) is 0 Å². The lowest BCUT2D eigenvalue weighted by atomic mass is 9.90. The van der Waals surface area contributed by atoms with Crippen LogP contribution in [-0.4, -0.2) is 21.3 Å². The van der Waals surface area contributed by atoms with Crippen LogP contribution >= 0.6 is 12.0 Å². The number of hydrogen-bond acceptors (Lipinski definition) is 5. The first-order valence-electron chi connectivity index (χ1n) is 8.53. The minimum absolute atomic E-state index is 0.727. The minimum atomic E-state index is -0.976. The van der Waals surface area contributed by atoms with Crippen molar-refractivity contribution in [3.8, 4) is 0 Å². The standard InChI is InChI=1S/C21H21NO3S/c1-20(2,23)21(3,4)25-26-18-12-22-11-17-19(18)15-9-13-7-5-6-8-14(13)10-16(15)24-17/h5-12,23H,1-4H3.